The molecule has 0 heterocycles. The van der Waals surface area contributed by atoms with Gasteiger partial charge in [0.15, 0.2) is 0 Å². The fraction of sp³-hybridized carbons (Fsp3) is 0.571. The molecule has 1 aromatic rings. The largest absolute Gasteiger partial charge is 0.399 e. The van der Waals surface area contributed by atoms with Gasteiger partial charge in [0.2, 0.25) is 0 Å². The number of hydrogen-bond donors (Lipinski definition) is 1. The van der Waals surface area contributed by atoms with Gasteiger partial charge in [0.25, 0.3) is 0 Å². The van der Waals surface area contributed by atoms with Crippen molar-refractivity contribution in [2.24, 2.45) is 11.8 Å². The van der Waals surface area contributed by atoms with E-state index in [1.165, 1.54) is 0 Å². The molecule has 0 aromatic heterocycles. The predicted octanol–water partition coefficient (Wildman–Crippen LogP) is 3.48. The van der Waals surface area contributed by atoms with Crippen LogP contribution in [0.2, 0.25) is 0 Å². The van der Waals surface area contributed by atoms with Crippen LogP contribution in [0, 0.1) is 23.5 Å². The Morgan fingerprint density at radius 2 is 1.74 bits per heavy atom. The summed E-state index contributed by atoms with van der Waals surface area (Å²) in [7, 11) is -1.64. The molecule has 1 fully saturated rings. The van der Waals surface area contributed by atoms with Crippen LogP contribution >= 0.6 is 0 Å². The molecule has 1 saturated carbocycles. The average molecular weight is 287 g/mol. The van der Waals surface area contributed by atoms with E-state index in [9.17, 15) is 13.0 Å². The van der Waals surface area contributed by atoms with Crippen molar-refractivity contribution in [3.63, 3.8) is 0 Å². The predicted molar refractivity (Wildman–Crippen MR) is 73.1 cm³/mol. The van der Waals surface area contributed by atoms with Crippen molar-refractivity contribution >= 4 is 16.5 Å². The van der Waals surface area contributed by atoms with Crippen LogP contribution in [0.15, 0.2) is 17.0 Å². The van der Waals surface area contributed by atoms with E-state index >= 15 is 0 Å². The number of nitrogens with two attached hydrogens (primary N) is 1. The van der Waals surface area contributed by atoms with Gasteiger partial charge in [-0.2, -0.15) is 0 Å². The van der Waals surface area contributed by atoms with E-state index in [-0.39, 0.29) is 15.8 Å². The Morgan fingerprint density at radius 3 is 2.26 bits per heavy atom. The Morgan fingerprint density at radius 1 is 1.16 bits per heavy atom. The summed E-state index contributed by atoms with van der Waals surface area (Å²) >= 11 is 0. The Balaban J connectivity index is 2.25. The normalized spacial score (nSPS) is 29.2. The van der Waals surface area contributed by atoms with Crippen molar-refractivity contribution in [2.45, 2.75) is 43.3 Å². The first kappa shape index (κ1) is 14.4. The van der Waals surface area contributed by atoms with Gasteiger partial charge in [-0.3, -0.25) is 4.21 Å². The van der Waals surface area contributed by atoms with Crippen molar-refractivity contribution in [2.75, 3.05) is 5.73 Å². The van der Waals surface area contributed by atoms with Gasteiger partial charge in [0.1, 0.15) is 16.5 Å². The molecule has 2 nitrogen and oxygen atoms in total. The van der Waals surface area contributed by atoms with Gasteiger partial charge in [-0.15, -0.1) is 0 Å². The third-order valence-electron chi connectivity index (χ3n) is 4.07. The van der Waals surface area contributed by atoms with Crippen LogP contribution in [-0.4, -0.2) is 9.46 Å². The van der Waals surface area contributed by atoms with Crippen molar-refractivity contribution in [3.8, 4) is 0 Å². The Labute approximate surface area is 114 Å². The molecule has 2 rings (SSSR count). The summed E-state index contributed by atoms with van der Waals surface area (Å²) in [6.07, 6.45) is 2.45. The number of rotatable bonds is 2. The van der Waals surface area contributed by atoms with E-state index < -0.39 is 22.4 Å². The van der Waals surface area contributed by atoms with Gasteiger partial charge in [-0.05, 0) is 43.2 Å². The summed E-state index contributed by atoms with van der Waals surface area (Å²) in [6.45, 7) is 4.26. The molecule has 106 valence electrons. The summed E-state index contributed by atoms with van der Waals surface area (Å²) in [5, 5.41) is -0.168. The quantitative estimate of drug-likeness (QED) is 0.846. The first-order chi connectivity index (χ1) is 8.90. The van der Waals surface area contributed by atoms with Crippen LogP contribution in [0.4, 0.5) is 14.5 Å². The fourth-order valence-corrected chi connectivity index (χ4v) is 4.30. The molecule has 0 radical (unpaired) electrons. The monoisotopic (exact) mass is 287 g/mol. The van der Waals surface area contributed by atoms with Gasteiger partial charge >= 0.3 is 0 Å². The highest BCUT2D eigenvalue weighted by molar-refractivity contribution is 7.85. The van der Waals surface area contributed by atoms with Gasteiger partial charge in [0.05, 0.1) is 10.8 Å². The zero-order valence-corrected chi connectivity index (χ0v) is 12.0. The molecule has 0 saturated heterocycles. The summed E-state index contributed by atoms with van der Waals surface area (Å²) in [5.41, 5.74) is 5.38. The topological polar surface area (TPSA) is 43.1 Å². The molecule has 0 bridgehead atoms. The van der Waals surface area contributed by atoms with E-state index in [2.05, 4.69) is 13.8 Å². The van der Waals surface area contributed by atoms with E-state index in [4.69, 9.17) is 5.73 Å². The molecule has 1 aliphatic rings. The Kier molecular flexibility index (Phi) is 4.23. The number of benzene rings is 1. The summed E-state index contributed by atoms with van der Waals surface area (Å²) < 4.78 is 40.0. The van der Waals surface area contributed by atoms with E-state index in [1.807, 2.05) is 0 Å². The fourth-order valence-electron chi connectivity index (χ4n) is 2.63. The zero-order chi connectivity index (χ0) is 14.2. The zero-order valence-electron chi connectivity index (χ0n) is 11.2. The minimum absolute atomic E-state index is 0.0152. The standard InChI is InChI=1S/C14H19F2NOS/c1-8-3-4-11(5-9(8)2)19(18)14-12(15)6-10(17)7-13(14)16/h6-9,11H,3-5,17H2,1-2H3. The minimum Gasteiger partial charge on any atom is -0.399 e. The maximum Gasteiger partial charge on any atom is 0.144 e. The summed E-state index contributed by atoms with van der Waals surface area (Å²) in [5.74, 6) is -0.596. The Hall–Kier alpha value is -0.970. The van der Waals surface area contributed by atoms with Crippen LogP contribution in [0.5, 0.6) is 0 Å². The van der Waals surface area contributed by atoms with Crippen molar-refractivity contribution in [1.82, 2.24) is 0 Å². The highest BCUT2D eigenvalue weighted by Crippen LogP contribution is 2.35. The lowest BCUT2D eigenvalue weighted by Crippen LogP contribution is -2.28. The summed E-state index contributed by atoms with van der Waals surface area (Å²) in [4.78, 5) is -0.319. The number of nitrogen functional groups attached to an aromatic ring is 1. The SMILES string of the molecule is CC1CCC(S(=O)c2c(F)cc(N)cc2F)CC1C. The van der Waals surface area contributed by atoms with Crippen molar-refractivity contribution in [3.05, 3.63) is 23.8 Å². The molecule has 1 aromatic carbocycles. The highest BCUT2D eigenvalue weighted by atomic mass is 32.2. The molecule has 4 unspecified atom stereocenters. The van der Waals surface area contributed by atoms with Crippen molar-refractivity contribution < 1.29 is 13.0 Å². The molecule has 0 aliphatic heterocycles. The van der Waals surface area contributed by atoms with Crippen LogP contribution in [0.25, 0.3) is 0 Å². The molecular weight excluding hydrogens is 268 g/mol. The molecule has 4 atom stereocenters. The van der Waals surface area contributed by atoms with E-state index in [1.54, 1.807) is 0 Å². The second-order valence-corrected chi connectivity index (χ2v) is 7.17. The molecule has 2 N–H and O–H groups in total. The van der Waals surface area contributed by atoms with Gasteiger partial charge < -0.3 is 5.73 Å². The lowest BCUT2D eigenvalue weighted by atomic mass is 9.81. The second kappa shape index (κ2) is 5.57. The summed E-state index contributed by atoms with van der Waals surface area (Å²) in [6, 6.07) is 2.07. The van der Waals surface area contributed by atoms with Crippen LogP contribution < -0.4 is 5.73 Å². The lowest BCUT2D eigenvalue weighted by Gasteiger charge is -2.31. The molecule has 0 amide bonds. The number of halogens is 2. The maximum absolute atomic E-state index is 13.8. The van der Waals surface area contributed by atoms with Gasteiger partial charge in [0, 0.05) is 10.9 Å². The molecule has 0 spiro atoms. The molecule has 1 aliphatic carbocycles. The average Bonchev–Trinajstić information content (AvgIpc) is 2.31. The van der Waals surface area contributed by atoms with Crippen LogP contribution in [0.1, 0.15) is 33.1 Å². The second-order valence-electron chi connectivity index (χ2n) is 5.50. The smallest absolute Gasteiger partial charge is 0.144 e. The van der Waals surface area contributed by atoms with Crippen LogP contribution in [-0.2, 0) is 10.8 Å². The number of anilines is 1. The first-order valence-electron chi connectivity index (χ1n) is 6.55. The maximum atomic E-state index is 13.8. The van der Waals surface area contributed by atoms with E-state index in [0.717, 1.165) is 31.4 Å². The van der Waals surface area contributed by atoms with Crippen LogP contribution in [0.3, 0.4) is 0 Å². The first-order valence-corrected chi connectivity index (χ1v) is 7.76. The molecule has 19 heavy (non-hydrogen) atoms. The Bertz CT molecular complexity index is 483. The third-order valence-corrected chi connectivity index (χ3v) is 5.90. The third kappa shape index (κ3) is 2.96. The van der Waals surface area contributed by atoms with E-state index in [0.29, 0.717) is 11.8 Å². The minimum atomic E-state index is -1.64. The van der Waals surface area contributed by atoms with Gasteiger partial charge in [-0.1, -0.05) is 13.8 Å². The number of hydrogen-bond acceptors (Lipinski definition) is 2. The molecule has 5 heteroatoms. The lowest BCUT2D eigenvalue weighted by molar-refractivity contribution is 0.281. The van der Waals surface area contributed by atoms with Gasteiger partial charge in [-0.25, -0.2) is 8.78 Å². The van der Waals surface area contributed by atoms with Crippen molar-refractivity contribution in [1.29, 1.82) is 0 Å². The molecular formula is C14H19F2NOS. The highest BCUT2D eigenvalue weighted by Gasteiger charge is 2.31.